The molecule has 1 fully saturated rings. The summed E-state index contributed by atoms with van der Waals surface area (Å²) in [5, 5.41) is 18.8. The number of hydrogen-bond donors (Lipinski definition) is 0. The number of nitriles is 2. The average molecular weight is 191 g/mol. The first kappa shape index (κ1) is 8.47. The Balaban J connectivity index is 2.33. The van der Waals surface area contributed by atoms with E-state index < -0.39 is 0 Å². The molecule has 0 amide bonds. The third-order valence-corrected chi connectivity index (χ3v) is 3.62. The van der Waals surface area contributed by atoms with Crippen LogP contribution in [0.5, 0.6) is 0 Å². The summed E-state index contributed by atoms with van der Waals surface area (Å²) in [6.07, 6.45) is 1.89. The fourth-order valence-corrected chi connectivity index (χ4v) is 3.01. The molecule has 1 saturated heterocycles. The van der Waals surface area contributed by atoms with Crippen molar-refractivity contribution in [2.45, 2.75) is 18.9 Å². The van der Waals surface area contributed by atoms with E-state index in [1.165, 1.54) is 0 Å². The second kappa shape index (κ2) is 3.32. The number of allylic oxidation sites excluding steroid dienone is 1. The van der Waals surface area contributed by atoms with Crippen molar-refractivity contribution in [3.63, 3.8) is 0 Å². The average Bonchev–Trinajstić information content (AvgIpc) is 2.60. The number of thioether (sulfide) groups is 1. The summed E-state index contributed by atoms with van der Waals surface area (Å²) >= 11 is 1.65. The zero-order chi connectivity index (χ0) is 9.26. The molecule has 2 aliphatic heterocycles. The van der Waals surface area contributed by atoms with E-state index in [9.17, 15) is 0 Å². The van der Waals surface area contributed by atoms with Gasteiger partial charge in [0.05, 0.1) is 22.7 Å². The highest BCUT2D eigenvalue weighted by molar-refractivity contribution is 8.03. The van der Waals surface area contributed by atoms with Crippen LogP contribution in [0.3, 0.4) is 0 Å². The predicted molar refractivity (Wildman–Crippen MR) is 50.4 cm³/mol. The van der Waals surface area contributed by atoms with Gasteiger partial charge in [-0.25, -0.2) is 0 Å². The van der Waals surface area contributed by atoms with Gasteiger partial charge in [0.15, 0.2) is 0 Å². The minimum absolute atomic E-state index is 0.0105. The maximum Gasteiger partial charge on any atom is 0.126 e. The molecule has 0 aliphatic carbocycles. The highest BCUT2D eigenvalue weighted by atomic mass is 32.2. The molecule has 4 heteroatoms. The van der Waals surface area contributed by atoms with E-state index in [0.717, 1.165) is 35.7 Å². The van der Waals surface area contributed by atoms with Crippen LogP contribution >= 0.6 is 11.8 Å². The van der Waals surface area contributed by atoms with Gasteiger partial charge in [0.25, 0.3) is 0 Å². The molecule has 2 heterocycles. The Morgan fingerprint density at radius 2 is 2.31 bits per heavy atom. The van der Waals surface area contributed by atoms with Gasteiger partial charge in [0, 0.05) is 12.3 Å². The van der Waals surface area contributed by atoms with Gasteiger partial charge in [-0.3, -0.25) is 0 Å². The van der Waals surface area contributed by atoms with Crippen molar-refractivity contribution in [2.75, 3.05) is 12.3 Å². The smallest absolute Gasteiger partial charge is 0.126 e. The van der Waals surface area contributed by atoms with E-state index in [2.05, 4.69) is 17.0 Å². The van der Waals surface area contributed by atoms with Crippen molar-refractivity contribution in [3.05, 3.63) is 10.6 Å². The Kier molecular flexibility index (Phi) is 2.16. The summed E-state index contributed by atoms with van der Waals surface area (Å²) in [7, 11) is 0. The molecule has 1 atom stereocenters. The van der Waals surface area contributed by atoms with Crippen LogP contribution in [0.4, 0.5) is 0 Å². The third kappa shape index (κ3) is 1.28. The van der Waals surface area contributed by atoms with Crippen LogP contribution < -0.4 is 0 Å². The van der Waals surface area contributed by atoms with Gasteiger partial charge in [-0.05, 0) is 12.8 Å². The highest BCUT2D eigenvalue weighted by Gasteiger charge is 2.32. The molecule has 2 rings (SSSR count). The summed E-state index contributed by atoms with van der Waals surface area (Å²) < 4.78 is 0. The van der Waals surface area contributed by atoms with Crippen LogP contribution in [-0.2, 0) is 0 Å². The number of nitrogens with zero attached hydrogens (tertiary/aromatic N) is 3. The van der Waals surface area contributed by atoms with Crippen LogP contribution in [0.2, 0.25) is 0 Å². The summed E-state index contributed by atoms with van der Waals surface area (Å²) in [5.41, 5.74) is 0.869. The fourth-order valence-electron chi connectivity index (χ4n) is 1.73. The molecule has 66 valence electrons. The fraction of sp³-hybridized carbons (Fsp3) is 0.556. The second-order valence-electron chi connectivity index (χ2n) is 3.15. The summed E-state index contributed by atoms with van der Waals surface area (Å²) in [6, 6.07) is 4.49. The summed E-state index contributed by atoms with van der Waals surface area (Å²) in [4.78, 5) is 2.08. The Morgan fingerprint density at radius 1 is 1.46 bits per heavy atom. The minimum atomic E-state index is -0.0105. The van der Waals surface area contributed by atoms with Crippen molar-refractivity contribution >= 4 is 11.8 Å². The van der Waals surface area contributed by atoms with Crippen LogP contribution in [-0.4, -0.2) is 23.2 Å². The van der Waals surface area contributed by atoms with Gasteiger partial charge in [0.1, 0.15) is 6.04 Å². The van der Waals surface area contributed by atoms with Gasteiger partial charge in [0.2, 0.25) is 0 Å². The topological polar surface area (TPSA) is 50.8 Å². The van der Waals surface area contributed by atoms with E-state index in [-0.39, 0.29) is 6.04 Å². The van der Waals surface area contributed by atoms with Crippen LogP contribution in [0, 0.1) is 22.7 Å². The van der Waals surface area contributed by atoms with Gasteiger partial charge in [-0.2, -0.15) is 10.5 Å². The molecule has 0 aromatic carbocycles. The quantitative estimate of drug-likeness (QED) is 0.581. The lowest BCUT2D eigenvalue weighted by Crippen LogP contribution is -2.32. The Hall–Kier alpha value is -1.13. The normalized spacial score (nSPS) is 26.6. The lowest BCUT2D eigenvalue weighted by Gasteiger charge is -2.26. The molecule has 0 aromatic heterocycles. The zero-order valence-corrected chi connectivity index (χ0v) is 7.97. The van der Waals surface area contributed by atoms with Crippen LogP contribution in [0.15, 0.2) is 10.6 Å². The molecule has 0 saturated carbocycles. The lowest BCUT2D eigenvalue weighted by molar-refractivity contribution is 0.327. The molecule has 0 aromatic rings. The molecule has 2 aliphatic rings. The van der Waals surface area contributed by atoms with Crippen LogP contribution in [0.1, 0.15) is 12.8 Å². The molecule has 0 N–H and O–H groups in total. The molecule has 3 nitrogen and oxygen atoms in total. The maximum absolute atomic E-state index is 8.87. The highest BCUT2D eigenvalue weighted by Crippen LogP contribution is 2.38. The second-order valence-corrected chi connectivity index (χ2v) is 4.16. The first-order valence-corrected chi connectivity index (χ1v) is 5.27. The monoisotopic (exact) mass is 191 g/mol. The van der Waals surface area contributed by atoms with E-state index in [0.29, 0.717) is 0 Å². The largest absolute Gasteiger partial charge is 0.349 e. The lowest BCUT2D eigenvalue weighted by atomic mass is 10.1. The van der Waals surface area contributed by atoms with Crippen molar-refractivity contribution in [3.8, 4) is 12.1 Å². The number of hydrogen-bond acceptors (Lipinski definition) is 4. The van der Waals surface area contributed by atoms with E-state index in [1.54, 1.807) is 11.8 Å². The van der Waals surface area contributed by atoms with Crippen molar-refractivity contribution in [1.29, 1.82) is 10.5 Å². The molecule has 0 radical (unpaired) electrons. The molecule has 0 spiro atoms. The van der Waals surface area contributed by atoms with E-state index in [1.807, 2.05) is 0 Å². The molecule has 13 heavy (non-hydrogen) atoms. The Morgan fingerprint density at radius 3 is 3.00 bits per heavy atom. The molecular weight excluding hydrogens is 182 g/mol. The standard InChI is InChI=1S/C9H9N3S/c10-4-7-2-1-3-12-8(5-11)6-13-9(7)12/h8H,1-3,6H2. The maximum atomic E-state index is 8.87. The SMILES string of the molecule is N#CC1=C2SCC(C#N)N2CCC1. The van der Waals surface area contributed by atoms with E-state index in [4.69, 9.17) is 10.5 Å². The Bertz CT molecular complexity index is 334. The van der Waals surface area contributed by atoms with Gasteiger partial charge < -0.3 is 4.90 Å². The van der Waals surface area contributed by atoms with Crippen molar-refractivity contribution < 1.29 is 0 Å². The van der Waals surface area contributed by atoms with Crippen molar-refractivity contribution in [2.24, 2.45) is 0 Å². The van der Waals surface area contributed by atoms with E-state index >= 15 is 0 Å². The van der Waals surface area contributed by atoms with Gasteiger partial charge in [-0.15, -0.1) is 11.8 Å². The van der Waals surface area contributed by atoms with Crippen molar-refractivity contribution in [1.82, 2.24) is 4.90 Å². The summed E-state index contributed by atoms with van der Waals surface area (Å²) in [6.45, 7) is 0.936. The first-order chi connectivity index (χ1) is 6.36. The minimum Gasteiger partial charge on any atom is -0.349 e. The molecular formula is C9H9N3S. The molecule has 0 bridgehead atoms. The Labute approximate surface area is 81.6 Å². The number of fused-ring (bicyclic) bond motifs is 1. The summed E-state index contributed by atoms with van der Waals surface area (Å²) in [5.74, 6) is 0.816. The molecule has 1 unspecified atom stereocenters. The number of rotatable bonds is 0. The van der Waals surface area contributed by atoms with Gasteiger partial charge >= 0.3 is 0 Å². The van der Waals surface area contributed by atoms with Crippen LogP contribution in [0.25, 0.3) is 0 Å². The first-order valence-electron chi connectivity index (χ1n) is 4.29. The predicted octanol–water partition coefficient (Wildman–Crippen LogP) is 1.46. The zero-order valence-electron chi connectivity index (χ0n) is 7.16. The van der Waals surface area contributed by atoms with Gasteiger partial charge in [-0.1, -0.05) is 0 Å². The third-order valence-electron chi connectivity index (χ3n) is 2.38.